The van der Waals surface area contributed by atoms with Crippen molar-refractivity contribution in [2.24, 2.45) is 5.92 Å². The van der Waals surface area contributed by atoms with Crippen LogP contribution in [0.15, 0.2) is 0 Å². The van der Waals surface area contributed by atoms with Gasteiger partial charge in [-0.3, -0.25) is 0 Å². The van der Waals surface area contributed by atoms with Crippen molar-refractivity contribution >= 4 is 15.9 Å². The molecule has 0 aromatic carbocycles. The van der Waals surface area contributed by atoms with Crippen LogP contribution in [0.1, 0.15) is 32.1 Å². The lowest BCUT2D eigenvalue weighted by Gasteiger charge is -2.13. The summed E-state index contributed by atoms with van der Waals surface area (Å²) >= 11 is 3.64. The first-order chi connectivity index (χ1) is 4.34. The number of hydrogen-bond donors (Lipinski definition) is 0. The second-order valence-corrected chi connectivity index (χ2v) is 4.03. The van der Waals surface area contributed by atoms with Crippen molar-refractivity contribution in [2.75, 3.05) is 0 Å². The molecule has 1 unspecified atom stereocenters. The maximum atomic E-state index is 3.88. The number of hydrogen-bond acceptors (Lipinski definition) is 0. The monoisotopic (exact) mass is 189 g/mol. The van der Waals surface area contributed by atoms with Crippen molar-refractivity contribution in [3.63, 3.8) is 0 Å². The molecule has 1 saturated carbocycles. The van der Waals surface area contributed by atoms with Crippen LogP contribution in [-0.4, -0.2) is 4.83 Å². The minimum absolute atomic E-state index is 0.694. The Bertz CT molecular complexity index is 74.6. The summed E-state index contributed by atoms with van der Waals surface area (Å²) in [6.07, 6.45) is 6.76. The molecular weight excluding hydrogens is 176 g/mol. The average Bonchev–Trinajstić information content (AvgIpc) is 2.37. The fourth-order valence-corrected chi connectivity index (χ4v) is 2.08. The van der Waals surface area contributed by atoms with Crippen LogP contribution in [0.3, 0.4) is 0 Å². The molecule has 1 atom stereocenters. The topological polar surface area (TPSA) is 0 Å². The van der Waals surface area contributed by atoms with Gasteiger partial charge in [0.15, 0.2) is 0 Å². The lowest BCUT2D eigenvalue weighted by molar-refractivity contribution is 0.529. The lowest BCUT2D eigenvalue weighted by Crippen LogP contribution is -2.08. The van der Waals surface area contributed by atoms with E-state index in [0.717, 1.165) is 12.3 Å². The second kappa shape index (κ2) is 3.60. The minimum atomic E-state index is 0.694. The minimum Gasteiger partial charge on any atom is -0.0888 e. The fourth-order valence-electron chi connectivity index (χ4n) is 1.55. The van der Waals surface area contributed by atoms with Gasteiger partial charge in [0.1, 0.15) is 0 Å². The molecule has 9 heavy (non-hydrogen) atoms. The number of alkyl halides is 1. The smallest absolute Gasteiger partial charge is 0.0174 e. The molecule has 1 aliphatic rings. The zero-order valence-corrected chi connectivity index (χ0v) is 7.36. The molecule has 1 fully saturated rings. The van der Waals surface area contributed by atoms with Crippen molar-refractivity contribution < 1.29 is 0 Å². The molecular formula is C8H14Br. The van der Waals surface area contributed by atoms with Crippen LogP contribution in [-0.2, 0) is 0 Å². The highest BCUT2D eigenvalue weighted by Crippen LogP contribution is 2.32. The summed E-state index contributed by atoms with van der Waals surface area (Å²) in [5, 5.41) is 0. The van der Waals surface area contributed by atoms with E-state index in [1.165, 1.54) is 25.7 Å². The van der Waals surface area contributed by atoms with Crippen molar-refractivity contribution in [3.8, 4) is 0 Å². The largest absolute Gasteiger partial charge is 0.0888 e. The van der Waals surface area contributed by atoms with Crippen LogP contribution in [0.2, 0.25) is 0 Å². The molecule has 1 rings (SSSR count). The summed E-state index contributed by atoms with van der Waals surface area (Å²) < 4.78 is 0. The van der Waals surface area contributed by atoms with Crippen LogP contribution in [0.25, 0.3) is 0 Å². The summed E-state index contributed by atoms with van der Waals surface area (Å²) in [7, 11) is 0. The Kier molecular flexibility index (Phi) is 3.03. The van der Waals surface area contributed by atoms with Crippen LogP contribution in [0.4, 0.5) is 0 Å². The first-order valence-electron chi connectivity index (χ1n) is 3.78. The first-order valence-corrected chi connectivity index (χ1v) is 4.69. The van der Waals surface area contributed by atoms with E-state index in [4.69, 9.17) is 0 Å². The second-order valence-electron chi connectivity index (χ2n) is 2.85. The highest BCUT2D eigenvalue weighted by Gasteiger charge is 2.20. The molecule has 1 radical (unpaired) electrons. The zero-order valence-electron chi connectivity index (χ0n) is 5.78. The highest BCUT2D eigenvalue weighted by molar-refractivity contribution is 9.09. The molecule has 1 aliphatic carbocycles. The Morgan fingerprint density at radius 1 is 1.44 bits per heavy atom. The van der Waals surface area contributed by atoms with Crippen LogP contribution < -0.4 is 0 Å². The van der Waals surface area contributed by atoms with Gasteiger partial charge in [-0.2, -0.15) is 0 Å². The van der Waals surface area contributed by atoms with Crippen LogP contribution in [0, 0.1) is 12.8 Å². The molecule has 0 saturated heterocycles. The molecule has 0 aromatic rings. The van der Waals surface area contributed by atoms with Crippen molar-refractivity contribution in [2.45, 2.75) is 36.9 Å². The van der Waals surface area contributed by atoms with E-state index in [0.29, 0.717) is 4.83 Å². The SMILES string of the molecule is [CH2]CC(Br)C1CCCC1. The van der Waals surface area contributed by atoms with E-state index >= 15 is 0 Å². The van der Waals surface area contributed by atoms with Crippen molar-refractivity contribution in [1.82, 2.24) is 0 Å². The first kappa shape index (κ1) is 7.59. The van der Waals surface area contributed by atoms with Crippen molar-refractivity contribution in [1.29, 1.82) is 0 Å². The summed E-state index contributed by atoms with van der Waals surface area (Å²) in [5.74, 6) is 0.933. The number of rotatable bonds is 2. The van der Waals surface area contributed by atoms with E-state index < -0.39 is 0 Å². The van der Waals surface area contributed by atoms with E-state index in [-0.39, 0.29) is 0 Å². The van der Waals surface area contributed by atoms with E-state index in [9.17, 15) is 0 Å². The summed E-state index contributed by atoms with van der Waals surface area (Å²) in [6.45, 7) is 3.88. The van der Waals surface area contributed by atoms with E-state index in [2.05, 4.69) is 22.9 Å². The highest BCUT2D eigenvalue weighted by atomic mass is 79.9. The molecule has 0 amide bonds. The van der Waals surface area contributed by atoms with E-state index in [1.54, 1.807) is 0 Å². The van der Waals surface area contributed by atoms with Gasteiger partial charge in [0.2, 0.25) is 0 Å². The molecule has 0 N–H and O–H groups in total. The third-order valence-electron chi connectivity index (χ3n) is 2.19. The van der Waals surface area contributed by atoms with Crippen LogP contribution >= 0.6 is 15.9 Å². The predicted octanol–water partition coefficient (Wildman–Crippen LogP) is 3.16. The molecule has 0 spiro atoms. The Morgan fingerprint density at radius 3 is 2.44 bits per heavy atom. The Labute approximate surface area is 66.2 Å². The maximum Gasteiger partial charge on any atom is 0.0174 e. The maximum absolute atomic E-state index is 3.88. The van der Waals surface area contributed by atoms with Gasteiger partial charge in [0.25, 0.3) is 0 Å². The Morgan fingerprint density at radius 2 is 2.00 bits per heavy atom. The third kappa shape index (κ3) is 1.96. The van der Waals surface area contributed by atoms with Gasteiger partial charge < -0.3 is 0 Å². The van der Waals surface area contributed by atoms with Gasteiger partial charge in [-0.15, -0.1) is 0 Å². The standard InChI is InChI=1S/C8H14Br/c1-2-8(9)7-5-3-4-6-7/h7-8H,1-6H2. The molecule has 0 aliphatic heterocycles. The van der Waals surface area contributed by atoms with Gasteiger partial charge >= 0.3 is 0 Å². The van der Waals surface area contributed by atoms with Gasteiger partial charge in [0.05, 0.1) is 0 Å². The molecule has 0 heterocycles. The van der Waals surface area contributed by atoms with Gasteiger partial charge in [-0.1, -0.05) is 35.7 Å². The summed E-state index contributed by atoms with van der Waals surface area (Å²) in [6, 6.07) is 0. The molecule has 53 valence electrons. The summed E-state index contributed by atoms with van der Waals surface area (Å²) in [4.78, 5) is 0.694. The van der Waals surface area contributed by atoms with Gasteiger partial charge in [0, 0.05) is 4.83 Å². The Balaban J connectivity index is 2.24. The van der Waals surface area contributed by atoms with Gasteiger partial charge in [-0.25, -0.2) is 0 Å². The molecule has 0 bridgehead atoms. The van der Waals surface area contributed by atoms with Crippen molar-refractivity contribution in [3.05, 3.63) is 6.92 Å². The Hall–Kier alpha value is 0.480. The molecule has 0 nitrogen and oxygen atoms in total. The number of halogens is 1. The van der Waals surface area contributed by atoms with E-state index in [1.807, 2.05) is 0 Å². The average molecular weight is 190 g/mol. The fraction of sp³-hybridized carbons (Fsp3) is 0.875. The quantitative estimate of drug-likeness (QED) is 0.586. The lowest BCUT2D eigenvalue weighted by atomic mass is 10.0. The predicted molar refractivity (Wildman–Crippen MR) is 44.6 cm³/mol. The zero-order chi connectivity index (χ0) is 6.69. The molecule has 0 aromatic heterocycles. The third-order valence-corrected chi connectivity index (χ3v) is 3.39. The molecule has 1 heteroatoms. The van der Waals surface area contributed by atoms with Crippen LogP contribution in [0.5, 0.6) is 0 Å². The van der Waals surface area contributed by atoms with Gasteiger partial charge in [-0.05, 0) is 25.2 Å². The normalized spacial score (nSPS) is 24.7. The summed E-state index contributed by atoms with van der Waals surface area (Å²) in [5.41, 5.74) is 0.